The molecule has 3 fully saturated rings. The minimum Gasteiger partial charge on any atom is -0.508 e. The standard InChI is InChI=1S/C33H40O19/c1-10-19(37)23(41)26(44)31(46-10)51-29-22(40)18-15(36)7-14(8-16(18)49-28(29)12-3-5-13(35)6-4-12)48-33-30(25(43)21(39)17(9-34)50-33)52-32-27(45)24(42)20(38)11(2)47-32/h3-8,10-11,17,19-21,23-27,30-39,41-45H,9H2,1-2H3/t10-,11+,17-,19-,20+,21-,23+,24-,25+,26+,27+,30+,31-,32-,33+/m0/s1. The van der Waals surface area contributed by atoms with Crippen molar-refractivity contribution in [2.24, 2.45) is 0 Å². The highest BCUT2D eigenvalue weighted by Crippen LogP contribution is 2.39. The minimum atomic E-state index is -1.85. The van der Waals surface area contributed by atoms with Gasteiger partial charge in [0, 0.05) is 17.7 Å². The quantitative estimate of drug-likeness (QED) is 0.110. The lowest BCUT2D eigenvalue weighted by Gasteiger charge is -2.45. The van der Waals surface area contributed by atoms with Gasteiger partial charge in [-0.15, -0.1) is 0 Å². The lowest BCUT2D eigenvalue weighted by Crippen LogP contribution is -2.64. The summed E-state index contributed by atoms with van der Waals surface area (Å²) in [4.78, 5) is 14.0. The summed E-state index contributed by atoms with van der Waals surface area (Å²) < 4.78 is 40.0. The molecule has 0 saturated carbocycles. The second-order valence-corrected chi connectivity index (χ2v) is 12.9. The highest BCUT2D eigenvalue weighted by Gasteiger charge is 2.51. The maximum Gasteiger partial charge on any atom is 0.239 e. The smallest absolute Gasteiger partial charge is 0.239 e. The van der Waals surface area contributed by atoms with Crippen LogP contribution in [0, 0.1) is 0 Å². The Morgan fingerprint density at radius 3 is 1.88 bits per heavy atom. The van der Waals surface area contributed by atoms with Crippen molar-refractivity contribution in [2.75, 3.05) is 6.61 Å². The van der Waals surface area contributed by atoms with Crippen molar-refractivity contribution in [3.8, 4) is 34.3 Å². The van der Waals surface area contributed by atoms with Crippen LogP contribution in [0.4, 0.5) is 0 Å². The number of benzene rings is 2. The van der Waals surface area contributed by atoms with Gasteiger partial charge in [0.1, 0.15) is 83.2 Å². The Kier molecular flexibility index (Phi) is 11.0. The molecule has 15 atom stereocenters. The zero-order valence-corrected chi connectivity index (χ0v) is 27.5. The first-order chi connectivity index (χ1) is 24.6. The maximum absolute atomic E-state index is 14.0. The number of aliphatic hydroxyl groups is 9. The summed E-state index contributed by atoms with van der Waals surface area (Å²) in [6.45, 7) is 2.00. The minimum absolute atomic E-state index is 0.135. The van der Waals surface area contributed by atoms with E-state index in [1.165, 1.54) is 38.1 Å². The second-order valence-electron chi connectivity index (χ2n) is 12.9. The van der Waals surface area contributed by atoms with Crippen LogP contribution >= 0.6 is 0 Å². The van der Waals surface area contributed by atoms with E-state index >= 15 is 0 Å². The molecule has 0 aliphatic carbocycles. The first kappa shape index (κ1) is 38.1. The average molecular weight is 741 g/mol. The van der Waals surface area contributed by atoms with Crippen molar-refractivity contribution < 1.29 is 89.0 Å². The molecular formula is C33H40O19. The number of phenolic OH excluding ortho intramolecular Hbond substituents is 2. The molecule has 3 aliphatic heterocycles. The third-order valence-electron chi connectivity index (χ3n) is 9.25. The fourth-order valence-electron chi connectivity index (χ4n) is 6.17. The summed E-state index contributed by atoms with van der Waals surface area (Å²) in [6.07, 6.45) is -23.9. The number of aliphatic hydroxyl groups excluding tert-OH is 9. The van der Waals surface area contributed by atoms with Crippen LogP contribution < -0.4 is 14.9 Å². The number of ether oxygens (including phenoxy) is 6. The predicted molar refractivity (Wildman–Crippen MR) is 170 cm³/mol. The fraction of sp³-hybridized carbons (Fsp3) is 0.545. The van der Waals surface area contributed by atoms with Crippen LogP contribution in [0.5, 0.6) is 23.0 Å². The predicted octanol–water partition coefficient (Wildman–Crippen LogP) is -2.89. The average Bonchev–Trinajstić information content (AvgIpc) is 3.11. The van der Waals surface area contributed by atoms with E-state index in [-0.39, 0.29) is 28.4 Å². The number of hydrogen-bond acceptors (Lipinski definition) is 19. The molecule has 1 aromatic heterocycles. The van der Waals surface area contributed by atoms with Crippen molar-refractivity contribution in [1.29, 1.82) is 0 Å². The Bertz CT molecular complexity index is 1770. The van der Waals surface area contributed by atoms with Gasteiger partial charge in [0.25, 0.3) is 0 Å². The molecule has 2 aromatic carbocycles. The van der Waals surface area contributed by atoms with E-state index in [1.54, 1.807) is 0 Å². The van der Waals surface area contributed by atoms with Crippen molar-refractivity contribution in [3.63, 3.8) is 0 Å². The molecule has 19 nitrogen and oxygen atoms in total. The topological polar surface area (TPSA) is 308 Å². The van der Waals surface area contributed by atoms with E-state index in [0.29, 0.717) is 0 Å². The van der Waals surface area contributed by atoms with Gasteiger partial charge in [-0.1, -0.05) is 0 Å². The third kappa shape index (κ3) is 7.03. The summed E-state index contributed by atoms with van der Waals surface area (Å²) in [5.41, 5.74) is -1.13. The van der Waals surface area contributed by atoms with Crippen molar-refractivity contribution in [1.82, 2.24) is 0 Å². The molecule has 6 rings (SSSR count). The molecule has 3 saturated heterocycles. The lowest BCUT2D eigenvalue weighted by molar-refractivity contribution is -0.354. The molecule has 11 N–H and O–H groups in total. The molecule has 52 heavy (non-hydrogen) atoms. The Morgan fingerprint density at radius 1 is 0.673 bits per heavy atom. The first-order valence-corrected chi connectivity index (χ1v) is 16.2. The molecule has 286 valence electrons. The monoisotopic (exact) mass is 740 g/mol. The summed E-state index contributed by atoms with van der Waals surface area (Å²) in [6, 6.07) is 7.38. The van der Waals surface area contributed by atoms with E-state index in [4.69, 9.17) is 32.8 Å². The van der Waals surface area contributed by atoms with Gasteiger partial charge >= 0.3 is 0 Å². The fourth-order valence-corrected chi connectivity index (χ4v) is 6.17. The third-order valence-corrected chi connectivity index (χ3v) is 9.25. The number of hydrogen-bond donors (Lipinski definition) is 11. The van der Waals surface area contributed by atoms with E-state index in [9.17, 15) is 61.0 Å². The number of fused-ring (bicyclic) bond motifs is 1. The van der Waals surface area contributed by atoms with Gasteiger partial charge in [-0.2, -0.15) is 0 Å². The maximum atomic E-state index is 14.0. The largest absolute Gasteiger partial charge is 0.508 e. The number of aromatic hydroxyl groups is 2. The molecule has 3 aromatic rings. The van der Waals surface area contributed by atoms with E-state index < -0.39 is 121 Å². The highest BCUT2D eigenvalue weighted by molar-refractivity contribution is 5.88. The highest BCUT2D eigenvalue weighted by atomic mass is 16.8. The van der Waals surface area contributed by atoms with Gasteiger partial charge in [0.2, 0.25) is 23.8 Å². The number of phenols is 2. The van der Waals surface area contributed by atoms with Gasteiger partial charge in [-0.3, -0.25) is 4.79 Å². The molecule has 3 aliphatic rings. The number of rotatable bonds is 8. The van der Waals surface area contributed by atoms with Gasteiger partial charge in [-0.25, -0.2) is 0 Å². The summed E-state index contributed by atoms with van der Waals surface area (Å²) in [7, 11) is 0. The molecule has 19 heteroatoms. The summed E-state index contributed by atoms with van der Waals surface area (Å²) >= 11 is 0. The van der Waals surface area contributed by atoms with Crippen LogP contribution in [-0.2, 0) is 18.9 Å². The SMILES string of the molecule is C[C@@H]1O[C@@H](Oc2c(-c3ccc(O)cc3)oc3cc(O[C@@H]4O[C@@H](CO)[C@H](O)[C@@H](O)[C@H]4O[C@@H]4O[C@H](C)[C@@H](O)[C@H](O)[C@H]4O)cc(O)c3c2=O)[C@H](O)[C@H](O)[C@H]1O. The summed E-state index contributed by atoms with van der Waals surface area (Å²) in [5, 5.41) is 114. The molecule has 0 bridgehead atoms. The second kappa shape index (κ2) is 15.0. The van der Waals surface area contributed by atoms with Crippen LogP contribution in [0.1, 0.15) is 13.8 Å². The zero-order valence-electron chi connectivity index (χ0n) is 27.5. The normalized spacial score (nSPS) is 38.2. The van der Waals surface area contributed by atoms with Crippen molar-refractivity contribution in [3.05, 3.63) is 46.6 Å². The Hall–Kier alpha value is -3.67. The van der Waals surface area contributed by atoms with Crippen LogP contribution in [0.25, 0.3) is 22.3 Å². The van der Waals surface area contributed by atoms with Crippen molar-refractivity contribution in [2.45, 2.75) is 106 Å². The molecule has 0 radical (unpaired) electrons. The van der Waals surface area contributed by atoms with Gasteiger partial charge in [0.15, 0.2) is 18.2 Å². The van der Waals surface area contributed by atoms with Crippen LogP contribution in [0.2, 0.25) is 0 Å². The Morgan fingerprint density at radius 2 is 1.27 bits per heavy atom. The van der Waals surface area contributed by atoms with Crippen LogP contribution in [-0.4, -0.2) is 155 Å². The van der Waals surface area contributed by atoms with Gasteiger partial charge in [0.05, 0.1) is 18.8 Å². The first-order valence-electron chi connectivity index (χ1n) is 16.2. The van der Waals surface area contributed by atoms with Crippen LogP contribution in [0.3, 0.4) is 0 Å². The molecule has 0 unspecified atom stereocenters. The van der Waals surface area contributed by atoms with Gasteiger partial charge in [-0.05, 0) is 38.1 Å². The van der Waals surface area contributed by atoms with E-state index in [0.717, 1.165) is 12.1 Å². The van der Waals surface area contributed by atoms with Crippen molar-refractivity contribution >= 4 is 11.0 Å². The lowest BCUT2D eigenvalue weighted by atomic mass is 9.97. The van der Waals surface area contributed by atoms with Crippen LogP contribution in [0.15, 0.2) is 45.6 Å². The molecular weight excluding hydrogens is 700 g/mol. The molecule has 0 amide bonds. The zero-order chi connectivity index (χ0) is 37.8. The molecule has 0 spiro atoms. The molecule has 4 heterocycles. The van der Waals surface area contributed by atoms with E-state index in [1.807, 2.05) is 0 Å². The Balaban J connectivity index is 1.38. The Labute approximate surface area is 293 Å². The van der Waals surface area contributed by atoms with Gasteiger partial charge < -0.3 is 89.0 Å². The van der Waals surface area contributed by atoms with E-state index in [2.05, 4.69) is 0 Å². The summed E-state index contributed by atoms with van der Waals surface area (Å²) in [5.74, 6) is -2.01.